The van der Waals surface area contributed by atoms with Crippen LogP contribution < -0.4 is 0 Å². The maximum atomic E-state index is 2.75. The molecule has 0 aromatic heterocycles. The monoisotopic (exact) mass is 180 g/mol. The van der Waals surface area contributed by atoms with Gasteiger partial charge in [0, 0.05) is 38.3 Å². The maximum absolute atomic E-state index is 2.75. The molecule has 2 nitrogen and oxygen atoms in total. The molecule has 4 fully saturated rings. The topological polar surface area (TPSA) is 6.48 Å². The van der Waals surface area contributed by atoms with E-state index < -0.39 is 0 Å². The van der Waals surface area contributed by atoms with Crippen LogP contribution >= 0.6 is 0 Å². The maximum Gasteiger partial charge on any atom is 0.0255 e. The summed E-state index contributed by atoms with van der Waals surface area (Å²) in [6.45, 7) is 7.79. The average molecular weight is 180 g/mol. The zero-order chi connectivity index (χ0) is 8.84. The van der Waals surface area contributed by atoms with Crippen molar-refractivity contribution in [2.24, 2.45) is 5.92 Å². The summed E-state index contributed by atoms with van der Waals surface area (Å²) in [6, 6.07) is 1.85. The smallest absolute Gasteiger partial charge is 0.0255 e. The lowest BCUT2D eigenvalue weighted by atomic mass is 9.79. The fourth-order valence-corrected chi connectivity index (χ4v) is 3.55. The molecular weight excluding hydrogens is 160 g/mol. The molecule has 0 radical (unpaired) electrons. The van der Waals surface area contributed by atoms with Crippen molar-refractivity contribution < 1.29 is 0 Å². The minimum Gasteiger partial charge on any atom is -0.296 e. The molecule has 0 amide bonds. The highest BCUT2D eigenvalue weighted by atomic mass is 15.4. The van der Waals surface area contributed by atoms with E-state index in [-0.39, 0.29) is 0 Å². The van der Waals surface area contributed by atoms with Crippen molar-refractivity contribution in [2.45, 2.75) is 38.3 Å². The Morgan fingerprint density at radius 2 is 1.46 bits per heavy atom. The standard InChI is InChI=1S/C11H20N2/c1-9-2-3-10-11(8-9)13-6-4-12(10)5-7-13/h9-11H,2-8H2,1H3/t9-,10-,11+/m1/s1. The largest absolute Gasteiger partial charge is 0.296 e. The Morgan fingerprint density at radius 3 is 2.15 bits per heavy atom. The molecule has 3 aliphatic heterocycles. The first kappa shape index (κ1) is 8.25. The highest BCUT2D eigenvalue weighted by Crippen LogP contribution is 2.35. The first-order valence-electron chi connectivity index (χ1n) is 5.82. The minimum absolute atomic E-state index is 0.922. The summed E-state index contributed by atoms with van der Waals surface area (Å²) >= 11 is 0. The Kier molecular flexibility index (Phi) is 1.88. The first-order valence-corrected chi connectivity index (χ1v) is 5.82. The van der Waals surface area contributed by atoms with Crippen molar-refractivity contribution in [1.82, 2.24) is 9.80 Å². The summed E-state index contributed by atoms with van der Waals surface area (Å²) in [5.74, 6) is 0.974. The zero-order valence-corrected chi connectivity index (χ0v) is 8.58. The molecule has 2 bridgehead atoms. The molecule has 0 unspecified atom stereocenters. The van der Waals surface area contributed by atoms with E-state index in [4.69, 9.17) is 0 Å². The summed E-state index contributed by atoms with van der Waals surface area (Å²) < 4.78 is 0. The Bertz CT molecular complexity index is 196. The molecule has 3 saturated heterocycles. The van der Waals surface area contributed by atoms with Gasteiger partial charge in [0.05, 0.1) is 0 Å². The molecule has 2 heteroatoms. The minimum atomic E-state index is 0.922. The summed E-state index contributed by atoms with van der Waals surface area (Å²) in [7, 11) is 0. The van der Waals surface area contributed by atoms with Crippen molar-refractivity contribution in [1.29, 1.82) is 0 Å². The molecule has 0 N–H and O–H groups in total. The van der Waals surface area contributed by atoms with Crippen molar-refractivity contribution in [3.8, 4) is 0 Å². The number of nitrogens with zero attached hydrogens (tertiary/aromatic N) is 2. The fourth-order valence-electron chi connectivity index (χ4n) is 3.55. The van der Waals surface area contributed by atoms with E-state index in [9.17, 15) is 0 Å². The molecule has 4 aliphatic rings. The van der Waals surface area contributed by atoms with Crippen LogP contribution in [0.5, 0.6) is 0 Å². The van der Waals surface area contributed by atoms with Gasteiger partial charge in [-0.1, -0.05) is 6.92 Å². The molecule has 1 aliphatic carbocycles. The van der Waals surface area contributed by atoms with Gasteiger partial charge in [0.15, 0.2) is 0 Å². The number of piperazine rings is 3. The SMILES string of the molecule is C[C@@H]1CC[C@@H]2[C@H](C1)N1CCN2CC1. The van der Waals surface area contributed by atoms with Crippen molar-refractivity contribution >= 4 is 0 Å². The van der Waals surface area contributed by atoms with Gasteiger partial charge in [-0.2, -0.15) is 0 Å². The van der Waals surface area contributed by atoms with Crippen molar-refractivity contribution in [3.05, 3.63) is 0 Å². The second-order valence-electron chi connectivity index (χ2n) is 5.12. The lowest BCUT2D eigenvalue weighted by molar-refractivity contribution is -0.0636. The average Bonchev–Trinajstić information content (AvgIpc) is 2.19. The summed E-state index contributed by atoms with van der Waals surface area (Å²) in [6.07, 6.45) is 4.38. The number of hydrogen-bond acceptors (Lipinski definition) is 2. The van der Waals surface area contributed by atoms with Gasteiger partial charge >= 0.3 is 0 Å². The zero-order valence-electron chi connectivity index (χ0n) is 8.58. The van der Waals surface area contributed by atoms with E-state index in [0.717, 1.165) is 18.0 Å². The highest BCUT2D eigenvalue weighted by Gasteiger charge is 2.42. The molecular formula is C11H20N2. The summed E-state index contributed by atoms with van der Waals surface area (Å²) in [4.78, 5) is 5.50. The molecule has 0 aromatic carbocycles. The number of hydrogen-bond donors (Lipinski definition) is 0. The Hall–Kier alpha value is -0.0800. The van der Waals surface area contributed by atoms with Crippen LogP contribution in [0.1, 0.15) is 26.2 Å². The van der Waals surface area contributed by atoms with Gasteiger partial charge in [-0.05, 0) is 25.2 Å². The van der Waals surface area contributed by atoms with Crippen LogP contribution in [-0.2, 0) is 0 Å². The number of fused-ring (bicyclic) bond motifs is 2. The van der Waals surface area contributed by atoms with E-state index in [1.807, 2.05) is 0 Å². The van der Waals surface area contributed by atoms with Crippen LogP contribution in [0, 0.1) is 5.92 Å². The van der Waals surface area contributed by atoms with Gasteiger partial charge in [-0.3, -0.25) is 9.80 Å². The highest BCUT2D eigenvalue weighted by molar-refractivity contribution is 4.99. The van der Waals surface area contributed by atoms with Gasteiger partial charge in [0.1, 0.15) is 0 Å². The molecule has 13 heavy (non-hydrogen) atoms. The molecule has 0 spiro atoms. The molecule has 0 aromatic rings. The predicted octanol–water partition coefficient (Wildman–Crippen LogP) is 1.17. The second-order valence-corrected chi connectivity index (χ2v) is 5.12. The molecule has 3 atom stereocenters. The van der Waals surface area contributed by atoms with E-state index >= 15 is 0 Å². The van der Waals surface area contributed by atoms with Crippen LogP contribution in [0.15, 0.2) is 0 Å². The molecule has 74 valence electrons. The van der Waals surface area contributed by atoms with Crippen LogP contribution in [0.3, 0.4) is 0 Å². The first-order chi connectivity index (χ1) is 6.34. The Morgan fingerprint density at radius 1 is 0.846 bits per heavy atom. The summed E-state index contributed by atoms with van der Waals surface area (Å²) in [5.41, 5.74) is 0. The fraction of sp³-hybridized carbons (Fsp3) is 1.00. The molecule has 4 rings (SSSR count). The van der Waals surface area contributed by atoms with E-state index in [1.54, 1.807) is 0 Å². The third-order valence-electron chi connectivity index (χ3n) is 4.33. The number of rotatable bonds is 0. The lowest BCUT2D eigenvalue weighted by Gasteiger charge is -2.56. The Balaban J connectivity index is 1.80. The van der Waals surface area contributed by atoms with Gasteiger partial charge in [-0.25, -0.2) is 0 Å². The summed E-state index contributed by atoms with van der Waals surface area (Å²) in [5, 5.41) is 0. The van der Waals surface area contributed by atoms with Crippen LogP contribution in [-0.4, -0.2) is 48.1 Å². The second kappa shape index (κ2) is 2.96. The van der Waals surface area contributed by atoms with Crippen LogP contribution in [0.2, 0.25) is 0 Å². The third kappa shape index (κ3) is 1.23. The van der Waals surface area contributed by atoms with Gasteiger partial charge in [0.25, 0.3) is 0 Å². The van der Waals surface area contributed by atoms with Gasteiger partial charge in [-0.15, -0.1) is 0 Å². The van der Waals surface area contributed by atoms with Gasteiger partial charge in [0.2, 0.25) is 0 Å². The normalized spacial score (nSPS) is 54.7. The van der Waals surface area contributed by atoms with Crippen LogP contribution in [0.25, 0.3) is 0 Å². The van der Waals surface area contributed by atoms with E-state index in [1.165, 1.54) is 45.4 Å². The quantitative estimate of drug-likeness (QED) is 0.552. The predicted molar refractivity (Wildman–Crippen MR) is 53.7 cm³/mol. The van der Waals surface area contributed by atoms with Crippen LogP contribution in [0.4, 0.5) is 0 Å². The van der Waals surface area contributed by atoms with E-state index in [0.29, 0.717) is 0 Å². The molecule has 3 heterocycles. The molecule has 1 saturated carbocycles. The van der Waals surface area contributed by atoms with Crippen molar-refractivity contribution in [2.75, 3.05) is 26.2 Å². The third-order valence-corrected chi connectivity index (χ3v) is 4.33. The Labute approximate surface area is 80.9 Å². The van der Waals surface area contributed by atoms with Gasteiger partial charge < -0.3 is 0 Å². The lowest BCUT2D eigenvalue weighted by Crippen LogP contribution is -2.67. The van der Waals surface area contributed by atoms with Crippen molar-refractivity contribution in [3.63, 3.8) is 0 Å². The van der Waals surface area contributed by atoms with E-state index in [2.05, 4.69) is 16.7 Å².